The predicted molar refractivity (Wildman–Crippen MR) is 298 cm³/mol. The molecule has 0 saturated carbocycles. The largest absolute Gasteiger partial charge is 0.462 e. The van der Waals surface area contributed by atoms with Crippen LogP contribution in [0.1, 0.15) is 316 Å². The molecule has 0 aromatic rings. The van der Waals surface area contributed by atoms with Gasteiger partial charge in [0.25, 0.3) is 0 Å². The number of ether oxygens (including phenoxy) is 3. The SMILES string of the molecule is CC/C=C\C/C=C\C/C=C\C/C=C\CCCCCCCCCCCCCCCCC(=O)OCC(COC(=O)CCCCCCCC)OC(=O)CCCCCCCCCCCCCCCCCCCC. The number of hydrogen-bond donors (Lipinski definition) is 0. The molecule has 0 aliphatic heterocycles. The van der Waals surface area contributed by atoms with Crippen molar-refractivity contribution in [3.63, 3.8) is 0 Å². The van der Waals surface area contributed by atoms with Gasteiger partial charge in [-0.2, -0.15) is 0 Å². The Kier molecular flexibility index (Phi) is 55.7. The number of carbonyl (C=O) groups excluding carboxylic acids is 3. The molecular formula is C63H114O6. The number of hydrogen-bond acceptors (Lipinski definition) is 6. The van der Waals surface area contributed by atoms with Crippen molar-refractivity contribution < 1.29 is 28.6 Å². The Morgan fingerprint density at radius 2 is 0.565 bits per heavy atom. The Morgan fingerprint density at radius 3 is 0.884 bits per heavy atom. The molecule has 6 nitrogen and oxygen atoms in total. The van der Waals surface area contributed by atoms with E-state index < -0.39 is 6.10 Å². The molecule has 69 heavy (non-hydrogen) atoms. The van der Waals surface area contributed by atoms with Crippen LogP contribution in [0.2, 0.25) is 0 Å². The maximum Gasteiger partial charge on any atom is 0.306 e. The molecule has 6 heteroatoms. The van der Waals surface area contributed by atoms with Crippen molar-refractivity contribution in [1.82, 2.24) is 0 Å². The van der Waals surface area contributed by atoms with Gasteiger partial charge >= 0.3 is 17.9 Å². The monoisotopic (exact) mass is 967 g/mol. The van der Waals surface area contributed by atoms with Gasteiger partial charge in [-0.3, -0.25) is 14.4 Å². The first-order valence-electron chi connectivity index (χ1n) is 30.1. The highest BCUT2D eigenvalue weighted by atomic mass is 16.6. The summed E-state index contributed by atoms with van der Waals surface area (Å²) in [6, 6.07) is 0. The molecule has 0 aliphatic rings. The molecule has 0 saturated heterocycles. The van der Waals surface area contributed by atoms with Gasteiger partial charge in [0.15, 0.2) is 6.10 Å². The average Bonchev–Trinajstić information content (AvgIpc) is 3.35. The maximum atomic E-state index is 12.8. The number of esters is 3. The molecular weight excluding hydrogens is 853 g/mol. The summed E-state index contributed by atoms with van der Waals surface area (Å²) in [7, 11) is 0. The van der Waals surface area contributed by atoms with E-state index in [0.717, 1.165) is 83.5 Å². The molecule has 0 fully saturated rings. The van der Waals surface area contributed by atoms with Crippen LogP contribution in [-0.2, 0) is 28.6 Å². The molecule has 402 valence electrons. The lowest BCUT2D eigenvalue weighted by molar-refractivity contribution is -0.167. The smallest absolute Gasteiger partial charge is 0.306 e. The third-order valence-electron chi connectivity index (χ3n) is 13.3. The highest BCUT2D eigenvalue weighted by molar-refractivity contribution is 5.71. The van der Waals surface area contributed by atoms with Crippen LogP contribution in [0.5, 0.6) is 0 Å². The van der Waals surface area contributed by atoms with Gasteiger partial charge in [0.05, 0.1) is 0 Å². The van der Waals surface area contributed by atoms with E-state index in [1.807, 2.05) is 0 Å². The first-order chi connectivity index (χ1) is 34.0. The van der Waals surface area contributed by atoms with Gasteiger partial charge in [-0.15, -0.1) is 0 Å². The van der Waals surface area contributed by atoms with E-state index in [0.29, 0.717) is 19.3 Å². The van der Waals surface area contributed by atoms with Gasteiger partial charge in [-0.05, 0) is 57.8 Å². The van der Waals surface area contributed by atoms with Gasteiger partial charge < -0.3 is 14.2 Å². The quantitative estimate of drug-likeness (QED) is 0.0262. The highest BCUT2D eigenvalue weighted by Crippen LogP contribution is 2.17. The van der Waals surface area contributed by atoms with Crippen LogP contribution < -0.4 is 0 Å². The van der Waals surface area contributed by atoms with Crippen LogP contribution in [0.3, 0.4) is 0 Å². The Bertz CT molecular complexity index is 1200. The summed E-state index contributed by atoms with van der Waals surface area (Å²) in [5.41, 5.74) is 0. The number of unbranched alkanes of at least 4 members (excludes halogenated alkanes) is 36. The Labute approximate surface area is 428 Å². The number of allylic oxidation sites excluding steroid dienone is 8. The van der Waals surface area contributed by atoms with E-state index >= 15 is 0 Å². The van der Waals surface area contributed by atoms with E-state index in [9.17, 15) is 14.4 Å². The average molecular weight is 968 g/mol. The molecule has 1 unspecified atom stereocenters. The van der Waals surface area contributed by atoms with Crippen molar-refractivity contribution in [2.24, 2.45) is 0 Å². The minimum atomic E-state index is -0.766. The highest BCUT2D eigenvalue weighted by Gasteiger charge is 2.19. The second-order valence-electron chi connectivity index (χ2n) is 20.2. The van der Waals surface area contributed by atoms with Crippen molar-refractivity contribution in [3.05, 3.63) is 48.6 Å². The molecule has 0 radical (unpaired) electrons. The minimum absolute atomic E-state index is 0.0688. The Morgan fingerprint density at radius 1 is 0.304 bits per heavy atom. The fraction of sp³-hybridized carbons (Fsp3) is 0.825. The fourth-order valence-electron chi connectivity index (χ4n) is 8.85. The van der Waals surface area contributed by atoms with Crippen LogP contribution >= 0.6 is 0 Å². The summed E-state index contributed by atoms with van der Waals surface area (Å²) in [5, 5.41) is 0. The van der Waals surface area contributed by atoms with Gasteiger partial charge in [0, 0.05) is 19.3 Å². The van der Waals surface area contributed by atoms with Gasteiger partial charge in [-0.1, -0.05) is 288 Å². The van der Waals surface area contributed by atoms with E-state index in [-0.39, 0.29) is 31.1 Å². The maximum absolute atomic E-state index is 12.8. The van der Waals surface area contributed by atoms with Crippen molar-refractivity contribution >= 4 is 17.9 Å². The van der Waals surface area contributed by atoms with E-state index in [1.54, 1.807) is 0 Å². The zero-order chi connectivity index (χ0) is 50.0. The molecule has 0 aliphatic carbocycles. The van der Waals surface area contributed by atoms with E-state index in [4.69, 9.17) is 14.2 Å². The Balaban J connectivity index is 4.05. The third-order valence-corrected chi connectivity index (χ3v) is 13.3. The van der Waals surface area contributed by atoms with Crippen LogP contribution in [0.15, 0.2) is 48.6 Å². The molecule has 0 bridgehead atoms. The molecule has 1 atom stereocenters. The Hall–Kier alpha value is -2.63. The van der Waals surface area contributed by atoms with Gasteiger partial charge in [0.1, 0.15) is 13.2 Å². The molecule has 0 spiro atoms. The van der Waals surface area contributed by atoms with Crippen LogP contribution in [-0.4, -0.2) is 37.2 Å². The third kappa shape index (κ3) is 56.2. The van der Waals surface area contributed by atoms with Crippen LogP contribution in [0, 0.1) is 0 Å². The second kappa shape index (κ2) is 57.9. The van der Waals surface area contributed by atoms with Crippen LogP contribution in [0.25, 0.3) is 0 Å². The van der Waals surface area contributed by atoms with Crippen molar-refractivity contribution in [2.45, 2.75) is 322 Å². The van der Waals surface area contributed by atoms with E-state index in [1.165, 1.54) is 193 Å². The molecule has 0 amide bonds. The zero-order valence-corrected chi connectivity index (χ0v) is 46.1. The summed E-state index contributed by atoms with van der Waals surface area (Å²) >= 11 is 0. The normalized spacial score (nSPS) is 12.3. The molecule has 0 N–H and O–H groups in total. The zero-order valence-electron chi connectivity index (χ0n) is 46.1. The van der Waals surface area contributed by atoms with Crippen molar-refractivity contribution in [2.75, 3.05) is 13.2 Å². The van der Waals surface area contributed by atoms with Gasteiger partial charge in [-0.25, -0.2) is 0 Å². The summed E-state index contributed by atoms with van der Waals surface area (Å²) in [6.45, 7) is 6.51. The minimum Gasteiger partial charge on any atom is -0.462 e. The standard InChI is InChI=1S/C63H114O6/c1-4-7-10-13-16-18-20-22-24-26-28-29-30-31-32-33-34-35-36-38-39-41-43-45-47-50-53-56-62(65)68-59-60(58-67-61(64)55-52-49-15-12-9-6-3)69-63(66)57-54-51-48-46-44-42-40-37-27-25-23-21-19-17-14-11-8-5-2/h7,10,16,18,22,24,28-29,60H,4-6,8-9,11-15,17,19-21,23,25-27,30-59H2,1-3H3/b10-7-,18-16-,24-22-,29-28-. The molecule has 0 aromatic carbocycles. The summed E-state index contributed by atoms with van der Waals surface area (Å²) < 4.78 is 16.8. The lowest BCUT2D eigenvalue weighted by Crippen LogP contribution is -2.30. The first-order valence-corrected chi connectivity index (χ1v) is 30.1. The van der Waals surface area contributed by atoms with Gasteiger partial charge in [0.2, 0.25) is 0 Å². The number of carbonyl (C=O) groups is 3. The van der Waals surface area contributed by atoms with Crippen molar-refractivity contribution in [3.8, 4) is 0 Å². The summed E-state index contributed by atoms with van der Waals surface area (Å²) in [6.07, 6.45) is 71.5. The lowest BCUT2D eigenvalue weighted by atomic mass is 10.0. The summed E-state index contributed by atoms with van der Waals surface area (Å²) in [5.74, 6) is -0.861. The predicted octanol–water partition coefficient (Wildman–Crippen LogP) is 20.2. The molecule has 0 aromatic heterocycles. The lowest BCUT2D eigenvalue weighted by Gasteiger charge is -2.18. The molecule has 0 rings (SSSR count). The van der Waals surface area contributed by atoms with E-state index in [2.05, 4.69) is 69.4 Å². The second-order valence-corrected chi connectivity index (χ2v) is 20.2. The van der Waals surface area contributed by atoms with Crippen molar-refractivity contribution in [1.29, 1.82) is 0 Å². The van der Waals surface area contributed by atoms with Crippen LogP contribution in [0.4, 0.5) is 0 Å². The number of rotatable bonds is 55. The fourth-order valence-corrected chi connectivity index (χ4v) is 8.85. The molecule has 0 heterocycles. The summed E-state index contributed by atoms with van der Waals surface area (Å²) in [4.78, 5) is 37.9. The topological polar surface area (TPSA) is 78.9 Å². The first kappa shape index (κ1) is 66.4.